The SMILES string of the molecule is CCC1(CC)CC2(CC(C)(C)N1OC(C)c1ccccc1)O[CH]CO2. The minimum absolute atomic E-state index is 0.00368. The summed E-state index contributed by atoms with van der Waals surface area (Å²) in [5, 5.41) is 2.26. The molecule has 1 spiro atoms. The average Bonchev–Trinajstić information content (AvgIpc) is 3.04. The summed E-state index contributed by atoms with van der Waals surface area (Å²) in [4.78, 5) is 6.61. The number of hydrogen-bond acceptors (Lipinski definition) is 4. The van der Waals surface area contributed by atoms with Crippen molar-refractivity contribution < 1.29 is 14.3 Å². The largest absolute Gasteiger partial charge is 0.347 e. The van der Waals surface area contributed by atoms with E-state index in [0.29, 0.717) is 6.61 Å². The number of nitrogens with zero attached hydrogens (tertiary/aromatic N) is 1. The monoisotopic (exact) mass is 346 g/mol. The lowest BCUT2D eigenvalue weighted by Gasteiger charge is -2.58. The van der Waals surface area contributed by atoms with Gasteiger partial charge in [0.25, 0.3) is 0 Å². The molecule has 1 aromatic rings. The number of benzene rings is 1. The molecule has 2 aliphatic heterocycles. The van der Waals surface area contributed by atoms with Gasteiger partial charge in [0.2, 0.25) is 0 Å². The molecule has 25 heavy (non-hydrogen) atoms. The van der Waals surface area contributed by atoms with Crippen molar-refractivity contribution in [2.45, 2.75) is 83.3 Å². The molecule has 2 atom stereocenters. The molecule has 1 radical (unpaired) electrons. The van der Waals surface area contributed by atoms with E-state index < -0.39 is 5.79 Å². The molecule has 0 bridgehead atoms. The third kappa shape index (κ3) is 3.50. The zero-order chi connectivity index (χ0) is 18.1. The van der Waals surface area contributed by atoms with E-state index in [2.05, 4.69) is 63.9 Å². The van der Waals surface area contributed by atoms with Crippen molar-refractivity contribution in [3.05, 3.63) is 42.5 Å². The molecular formula is C21H32NO3. The van der Waals surface area contributed by atoms with Crippen LogP contribution in [-0.2, 0) is 14.3 Å². The number of hydroxylamine groups is 2. The van der Waals surface area contributed by atoms with Gasteiger partial charge in [-0.05, 0) is 39.2 Å². The van der Waals surface area contributed by atoms with Gasteiger partial charge in [-0.3, -0.25) is 4.84 Å². The maximum absolute atomic E-state index is 6.61. The highest BCUT2D eigenvalue weighted by molar-refractivity contribution is 5.17. The van der Waals surface area contributed by atoms with Gasteiger partial charge in [0.1, 0.15) is 12.7 Å². The zero-order valence-electron chi connectivity index (χ0n) is 16.2. The molecule has 3 rings (SSSR count). The first-order valence-corrected chi connectivity index (χ1v) is 9.52. The van der Waals surface area contributed by atoms with Gasteiger partial charge in [-0.1, -0.05) is 44.2 Å². The molecule has 2 aliphatic rings. The lowest BCUT2D eigenvalue weighted by molar-refractivity contribution is -0.356. The van der Waals surface area contributed by atoms with E-state index in [1.165, 1.54) is 5.56 Å². The Kier molecular flexibility index (Phi) is 5.27. The van der Waals surface area contributed by atoms with Crippen LogP contribution in [0.2, 0.25) is 0 Å². The summed E-state index contributed by atoms with van der Waals surface area (Å²) in [5.41, 5.74) is 0.899. The Labute approximate surface area is 152 Å². The summed E-state index contributed by atoms with van der Waals surface area (Å²) in [7, 11) is 0. The van der Waals surface area contributed by atoms with Crippen LogP contribution in [0, 0.1) is 6.61 Å². The van der Waals surface area contributed by atoms with Crippen molar-refractivity contribution in [2.24, 2.45) is 0 Å². The van der Waals surface area contributed by atoms with Gasteiger partial charge in [0.05, 0.1) is 12.1 Å². The van der Waals surface area contributed by atoms with E-state index in [1.807, 2.05) is 6.07 Å². The number of rotatable bonds is 5. The topological polar surface area (TPSA) is 30.9 Å². The molecule has 2 heterocycles. The summed E-state index contributed by atoms with van der Waals surface area (Å²) in [6.45, 7) is 13.4. The maximum atomic E-state index is 6.61. The van der Waals surface area contributed by atoms with Gasteiger partial charge in [-0.15, -0.1) is 0 Å². The third-order valence-corrected chi connectivity index (χ3v) is 5.84. The second kappa shape index (κ2) is 6.99. The average molecular weight is 346 g/mol. The third-order valence-electron chi connectivity index (χ3n) is 5.84. The first-order valence-electron chi connectivity index (χ1n) is 9.52. The summed E-state index contributed by atoms with van der Waals surface area (Å²) in [6.07, 6.45) is 3.60. The second-order valence-corrected chi connectivity index (χ2v) is 8.06. The first-order chi connectivity index (χ1) is 11.9. The van der Waals surface area contributed by atoms with Gasteiger partial charge < -0.3 is 9.47 Å². The molecule has 1 aromatic carbocycles. The van der Waals surface area contributed by atoms with E-state index in [0.717, 1.165) is 25.7 Å². The fourth-order valence-electron chi connectivity index (χ4n) is 4.58. The van der Waals surface area contributed by atoms with Crippen molar-refractivity contribution in [2.75, 3.05) is 6.61 Å². The predicted molar refractivity (Wildman–Crippen MR) is 98.5 cm³/mol. The molecule has 2 fully saturated rings. The van der Waals surface area contributed by atoms with Crippen LogP contribution in [0.25, 0.3) is 0 Å². The smallest absolute Gasteiger partial charge is 0.172 e. The molecule has 0 aliphatic carbocycles. The number of piperidine rings is 1. The summed E-state index contributed by atoms with van der Waals surface area (Å²) < 4.78 is 12.0. The Bertz CT molecular complexity index is 562. The van der Waals surface area contributed by atoms with Crippen LogP contribution in [0.3, 0.4) is 0 Å². The zero-order valence-corrected chi connectivity index (χ0v) is 16.2. The second-order valence-electron chi connectivity index (χ2n) is 8.06. The predicted octanol–water partition coefficient (Wildman–Crippen LogP) is 5.02. The minimum atomic E-state index is -0.509. The molecule has 4 heteroatoms. The summed E-state index contributed by atoms with van der Waals surface area (Å²) >= 11 is 0. The van der Waals surface area contributed by atoms with Gasteiger partial charge in [-0.2, -0.15) is 5.06 Å². The number of hydrogen-bond donors (Lipinski definition) is 0. The quantitative estimate of drug-likeness (QED) is 0.749. The standard InChI is InChI=1S/C21H32NO3/c1-6-20(7-2)16-21(23-13-14-24-21)15-19(4,5)22(20)25-17(3)18-11-9-8-10-12-18/h8-13,17H,6-7,14-16H2,1-5H3. The normalized spacial score (nSPS) is 26.0. The van der Waals surface area contributed by atoms with E-state index >= 15 is 0 Å². The molecule has 0 amide bonds. The first kappa shape index (κ1) is 18.8. The summed E-state index contributed by atoms with van der Waals surface area (Å²) in [6, 6.07) is 10.4. The molecule has 2 unspecified atom stereocenters. The Morgan fingerprint density at radius 3 is 2.36 bits per heavy atom. The fourth-order valence-corrected chi connectivity index (χ4v) is 4.58. The van der Waals surface area contributed by atoms with E-state index in [4.69, 9.17) is 14.3 Å². The maximum Gasteiger partial charge on any atom is 0.172 e. The molecule has 139 valence electrons. The van der Waals surface area contributed by atoms with Crippen molar-refractivity contribution >= 4 is 0 Å². The summed E-state index contributed by atoms with van der Waals surface area (Å²) in [5.74, 6) is -0.509. The molecule has 0 saturated carbocycles. The van der Waals surface area contributed by atoms with Crippen molar-refractivity contribution in [1.29, 1.82) is 0 Å². The lowest BCUT2D eigenvalue weighted by atomic mass is 9.73. The van der Waals surface area contributed by atoms with Gasteiger partial charge in [0.15, 0.2) is 5.79 Å². The van der Waals surface area contributed by atoms with Crippen LogP contribution in [0.15, 0.2) is 30.3 Å². The van der Waals surface area contributed by atoms with Crippen LogP contribution in [0.1, 0.15) is 72.0 Å². The lowest BCUT2D eigenvalue weighted by Crippen LogP contribution is -2.67. The highest BCUT2D eigenvalue weighted by Crippen LogP contribution is 2.51. The van der Waals surface area contributed by atoms with Crippen molar-refractivity contribution in [3.63, 3.8) is 0 Å². The highest BCUT2D eigenvalue weighted by Gasteiger charge is 2.58. The van der Waals surface area contributed by atoms with Crippen molar-refractivity contribution in [1.82, 2.24) is 5.06 Å². The van der Waals surface area contributed by atoms with Crippen LogP contribution in [-0.4, -0.2) is 28.5 Å². The van der Waals surface area contributed by atoms with Crippen LogP contribution < -0.4 is 0 Å². The highest BCUT2D eigenvalue weighted by atomic mass is 16.7. The Morgan fingerprint density at radius 2 is 1.80 bits per heavy atom. The van der Waals surface area contributed by atoms with E-state index in [9.17, 15) is 0 Å². The van der Waals surface area contributed by atoms with Crippen LogP contribution >= 0.6 is 0 Å². The number of ether oxygens (including phenoxy) is 2. The Morgan fingerprint density at radius 1 is 1.12 bits per heavy atom. The van der Waals surface area contributed by atoms with Crippen LogP contribution in [0.4, 0.5) is 0 Å². The van der Waals surface area contributed by atoms with Gasteiger partial charge >= 0.3 is 0 Å². The molecule has 2 saturated heterocycles. The van der Waals surface area contributed by atoms with Crippen LogP contribution in [0.5, 0.6) is 0 Å². The molecular weight excluding hydrogens is 314 g/mol. The van der Waals surface area contributed by atoms with E-state index in [1.54, 1.807) is 6.61 Å². The van der Waals surface area contributed by atoms with Gasteiger partial charge in [0, 0.05) is 18.4 Å². The molecule has 0 aromatic heterocycles. The van der Waals surface area contributed by atoms with Gasteiger partial charge in [-0.25, -0.2) is 0 Å². The Balaban J connectivity index is 1.89. The Hall–Kier alpha value is -0.940. The van der Waals surface area contributed by atoms with Crippen molar-refractivity contribution in [3.8, 4) is 0 Å². The molecule has 0 N–H and O–H groups in total. The minimum Gasteiger partial charge on any atom is -0.347 e. The van der Waals surface area contributed by atoms with E-state index in [-0.39, 0.29) is 17.2 Å². The molecule has 4 nitrogen and oxygen atoms in total. The fraction of sp³-hybridized carbons (Fsp3) is 0.667.